The molecule has 0 aliphatic carbocycles. The molecule has 1 unspecified atom stereocenters. The van der Waals surface area contributed by atoms with E-state index in [1.165, 1.54) is 29.1 Å². The van der Waals surface area contributed by atoms with Crippen LogP contribution in [-0.2, 0) is 14.4 Å². The maximum Gasteiger partial charge on any atom is 0.336 e. The van der Waals surface area contributed by atoms with Crippen LogP contribution in [-0.4, -0.2) is 61.2 Å². The first-order valence-electron chi connectivity index (χ1n) is 7.86. The van der Waals surface area contributed by atoms with E-state index in [1.54, 1.807) is 0 Å². The molecular weight excluding hydrogens is 362 g/mol. The Morgan fingerprint density at radius 2 is 1.73 bits per heavy atom. The monoisotopic (exact) mass is 381 g/mol. The molecule has 9 heteroatoms. The van der Waals surface area contributed by atoms with Crippen LogP contribution in [0, 0.1) is 0 Å². The largest absolute Gasteiger partial charge is 0.481 e. The summed E-state index contributed by atoms with van der Waals surface area (Å²) >= 11 is 2.01. The Hall–Kier alpha value is -2.39. The molecule has 1 fully saturated rings. The zero-order valence-electron chi connectivity index (χ0n) is 13.8. The van der Waals surface area contributed by atoms with Crippen LogP contribution in [0.15, 0.2) is 29.3 Å². The van der Waals surface area contributed by atoms with Crippen molar-refractivity contribution in [1.82, 2.24) is 0 Å². The van der Waals surface area contributed by atoms with Gasteiger partial charge in [0.15, 0.2) is 5.60 Å². The van der Waals surface area contributed by atoms with Gasteiger partial charge in [-0.25, -0.2) is 4.79 Å². The second-order valence-corrected chi connectivity index (χ2v) is 7.14. The van der Waals surface area contributed by atoms with Gasteiger partial charge in [0.05, 0.1) is 18.5 Å². The number of benzene rings is 1. The van der Waals surface area contributed by atoms with Crippen molar-refractivity contribution < 1.29 is 34.8 Å². The summed E-state index contributed by atoms with van der Waals surface area (Å²) in [5, 5.41) is 33.8. The number of hydrogen-bond donors (Lipinski definition) is 4. The molecule has 0 bridgehead atoms. The van der Waals surface area contributed by atoms with Gasteiger partial charge < -0.3 is 20.4 Å². The van der Waals surface area contributed by atoms with Gasteiger partial charge in [-0.2, -0.15) is 11.8 Å². The van der Waals surface area contributed by atoms with Crippen LogP contribution in [0.3, 0.4) is 0 Å². The van der Waals surface area contributed by atoms with Crippen molar-refractivity contribution in [3.05, 3.63) is 29.8 Å². The van der Waals surface area contributed by atoms with Crippen LogP contribution in [0.1, 0.15) is 30.7 Å². The van der Waals surface area contributed by atoms with Gasteiger partial charge in [0.2, 0.25) is 0 Å². The number of para-hydroxylation sites is 1. The Balaban J connectivity index is 0.000000187. The number of fused-ring (bicyclic) bond motifs is 3. The van der Waals surface area contributed by atoms with Crippen LogP contribution in [0.25, 0.3) is 0 Å². The van der Waals surface area contributed by atoms with Gasteiger partial charge in [-0.05, 0) is 23.8 Å². The topological polar surface area (TPSA) is 144 Å². The van der Waals surface area contributed by atoms with E-state index in [2.05, 4.69) is 29.3 Å². The highest BCUT2D eigenvalue weighted by Gasteiger charge is 2.40. The van der Waals surface area contributed by atoms with Gasteiger partial charge in [0.1, 0.15) is 0 Å². The first kappa shape index (κ1) is 19.9. The third-order valence-corrected chi connectivity index (χ3v) is 5.09. The lowest BCUT2D eigenvalue weighted by Crippen LogP contribution is -2.42. The third kappa shape index (κ3) is 4.83. The molecule has 0 amide bonds. The average Bonchev–Trinajstić information content (AvgIpc) is 2.92. The lowest BCUT2D eigenvalue weighted by molar-refractivity contribution is -0.170. The van der Waals surface area contributed by atoms with Gasteiger partial charge in [-0.15, -0.1) is 0 Å². The van der Waals surface area contributed by atoms with Crippen LogP contribution >= 0.6 is 11.8 Å². The first-order chi connectivity index (χ1) is 12.2. The van der Waals surface area contributed by atoms with Crippen LogP contribution in [0.5, 0.6) is 0 Å². The highest BCUT2D eigenvalue weighted by Crippen LogP contribution is 2.41. The standard InChI is InChI=1S/C11H11NS.C6H8O7/c1-2-4-10-8(3-1)9-5-6-13-7-11(9)12-10;7-3(8)1-6(13,5(11)12)2-4(9)10/h1-4,9H,5-7H2;13H,1-2H2,(H,7,8)(H,9,10)(H,11,12). The van der Waals surface area contributed by atoms with E-state index >= 15 is 0 Å². The molecular formula is C17H19NO7S. The summed E-state index contributed by atoms with van der Waals surface area (Å²) < 4.78 is 0. The minimum absolute atomic E-state index is 0.650. The van der Waals surface area contributed by atoms with Crippen molar-refractivity contribution in [3.63, 3.8) is 0 Å². The molecule has 2 heterocycles. The third-order valence-electron chi connectivity index (χ3n) is 4.06. The molecule has 0 radical (unpaired) electrons. The van der Waals surface area contributed by atoms with Gasteiger partial charge in [0.25, 0.3) is 0 Å². The van der Waals surface area contributed by atoms with E-state index in [9.17, 15) is 14.4 Å². The minimum atomic E-state index is -2.74. The number of rotatable bonds is 5. The molecule has 26 heavy (non-hydrogen) atoms. The van der Waals surface area contributed by atoms with E-state index in [0.717, 1.165) is 5.75 Å². The molecule has 8 nitrogen and oxygen atoms in total. The molecule has 2 aliphatic heterocycles. The van der Waals surface area contributed by atoms with Crippen molar-refractivity contribution in [2.24, 2.45) is 4.99 Å². The van der Waals surface area contributed by atoms with E-state index in [0.29, 0.717) is 5.92 Å². The van der Waals surface area contributed by atoms with Gasteiger partial charge in [0, 0.05) is 17.4 Å². The summed E-state index contributed by atoms with van der Waals surface area (Å²) in [5.41, 5.74) is 1.33. The Kier molecular flexibility index (Phi) is 6.38. The summed E-state index contributed by atoms with van der Waals surface area (Å²) in [6.45, 7) is 0. The zero-order chi connectivity index (χ0) is 19.3. The number of aliphatic carboxylic acids is 3. The summed E-state index contributed by atoms with van der Waals surface area (Å²) in [6.07, 6.45) is -1.01. The van der Waals surface area contributed by atoms with Crippen LogP contribution in [0.4, 0.5) is 5.69 Å². The Bertz CT molecular complexity index is 730. The van der Waals surface area contributed by atoms with Crippen molar-refractivity contribution in [2.75, 3.05) is 11.5 Å². The van der Waals surface area contributed by atoms with E-state index < -0.39 is 36.4 Å². The Morgan fingerprint density at radius 1 is 1.12 bits per heavy atom. The molecule has 0 saturated carbocycles. The summed E-state index contributed by atoms with van der Waals surface area (Å²) in [5.74, 6) is -1.94. The average molecular weight is 381 g/mol. The first-order valence-corrected chi connectivity index (χ1v) is 9.02. The minimum Gasteiger partial charge on any atom is -0.481 e. The van der Waals surface area contributed by atoms with Gasteiger partial charge in [-0.3, -0.25) is 14.6 Å². The van der Waals surface area contributed by atoms with Gasteiger partial charge in [-0.1, -0.05) is 18.2 Å². The number of carbonyl (C=O) groups is 3. The second kappa shape index (κ2) is 8.33. The molecule has 4 N–H and O–H groups in total. The van der Waals surface area contributed by atoms with Crippen molar-refractivity contribution >= 4 is 41.1 Å². The molecule has 1 aromatic carbocycles. The normalized spacial score (nSPS) is 17.9. The summed E-state index contributed by atoms with van der Waals surface area (Å²) in [7, 11) is 0. The lowest BCUT2D eigenvalue weighted by atomic mass is 9.94. The number of thioether (sulfide) groups is 1. The number of nitrogens with zero attached hydrogens (tertiary/aromatic N) is 1. The van der Waals surface area contributed by atoms with Crippen LogP contribution in [0.2, 0.25) is 0 Å². The van der Waals surface area contributed by atoms with Crippen molar-refractivity contribution in [3.8, 4) is 0 Å². The lowest BCUT2D eigenvalue weighted by Gasteiger charge is -2.19. The molecule has 1 atom stereocenters. The number of carboxylic acid groups (broad SMARTS) is 3. The maximum atomic E-state index is 10.3. The fourth-order valence-electron chi connectivity index (χ4n) is 2.84. The summed E-state index contributed by atoms with van der Waals surface area (Å²) in [6, 6.07) is 8.56. The van der Waals surface area contributed by atoms with E-state index in [1.807, 2.05) is 11.8 Å². The fourth-order valence-corrected chi connectivity index (χ4v) is 3.86. The summed E-state index contributed by atoms with van der Waals surface area (Å²) in [4.78, 5) is 35.2. The number of aliphatic imine (C=N–C) groups is 1. The highest BCUT2D eigenvalue weighted by atomic mass is 32.2. The molecule has 1 aromatic rings. The van der Waals surface area contributed by atoms with Crippen LogP contribution < -0.4 is 0 Å². The van der Waals surface area contributed by atoms with Crippen molar-refractivity contribution in [1.29, 1.82) is 0 Å². The Labute approximate surface area is 153 Å². The SMILES string of the molecule is O=C(O)CC(O)(CC(=O)O)C(=O)O.c1ccc2c(c1)N=C1CSCCC12. The Morgan fingerprint density at radius 3 is 2.31 bits per heavy atom. The van der Waals surface area contributed by atoms with E-state index in [4.69, 9.17) is 20.4 Å². The smallest absolute Gasteiger partial charge is 0.336 e. The fraction of sp³-hybridized carbons (Fsp3) is 0.412. The van der Waals surface area contributed by atoms with Crippen molar-refractivity contribution in [2.45, 2.75) is 30.8 Å². The predicted molar refractivity (Wildman–Crippen MR) is 95.3 cm³/mol. The number of carboxylic acids is 3. The highest BCUT2D eigenvalue weighted by molar-refractivity contribution is 8.00. The number of aliphatic hydroxyl groups is 1. The quantitative estimate of drug-likeness (QED) is 0.604. The van der Waals surface area contributed by atoms with E-state index in [-0.39, 0.29) is 0 Å². The number of hydrogen-bond acceptors (Lipinski definition) is 6. The molecule has 140 valence electrons. The van der Waals surface area contributed by atoms with Gasteiger partial charge >= 0.3 is 17.9 Å². The molecule has 3 rings (SSSR count). The molecule has 2 aliphatic rings. The predicted octanol–water partition coefficient (Wildman–Crippen LogP) is 1.74. The molecule has 0 aromatic heterocycles. The molecule has 0 spiro atoms. The molecule has 1 saturated heterocycles. The zero-order valence-corrected chi connectivity index (χ0v) is 14.6. The second-order valence-electron chi connectivity index (χ2n) is 6.03. The maximum absolute atomic E-state index is 10.3.